The fourth-order valence-corrected chi connectivity index (χ4v) is 2.22. The van der Waals surface area contributed by atoms with E-state index in [4.69, 9.17) is 13.6 Å². The Morgan fingerprint density at radius 3 is 2.80 bits per heavy atom. The van der Waals surface area contributed by atoms with Crippen LogP contribution in [0.3, 0.4) is 0 Å². The van der Waals surface area contributed by atoms with E-state index in [1.165, 1.54) is 6.26 Å². The molecule has 2 aromatic heterocycles. The molecule has 0 aliphatic rings. The number of hydrogen-bond acceptors (Lipinski definition) is 6. The minimum Gasteiger partial charge on any atom is -0.467 e. The summed E-state index contributed by atoms with van der Waals surface area (Å²) in [7, 11) is 0. The summed E-state index contributed by atoms with van der Waals surface area (Å²) in [6.45, 7) is 1.55. The molecule has 0 saturated carbocycles. The Morgan fingerprint density at radius 1 is 1.20 bits per heavy atom. The molecule has 0 aliphatic carbocycles. The predicted octanol–water partition coefficient (Wildman–Crippen LogP) is 2.17. The highest BCUT2D eigenvalue weighted by atomic mass is 16.5. The van der Waals surface area contributed by atoms with Gasteiger partial charge in [0.2, 0.25) is 5.76 Å². The highest BCUT2D eigenvalue weighted by molar-refractivity contribution is 5.90. The van der Waals surface area contributed by atoms with Crippen LogP contribution in [0.5, 0.6) is 0 Å². The van der Waals surface area contributed by atoms with E-state index in [1.54, 1.807) is 30.3 Å². The van der Waals surface area contributed by atoms with Crippen LogP contribution in [0.4, 0.5) is 0 Å². The van der Waals surface area contributed by atoms with Gasteiger partial charge in [-0.05, 0) is 31.2 Å². The minimum atomic E-state index is -0.882. The standard InChI is InChI=1S/C18H15NO6/c1-11-4-5-15-13(7-11)14(20)8-16(25-15)18(22)24-10-17(21)19-9-12-3-2-6-23-12/h2-8H,9-10H2,1H3,(H,19,21). The summed E-state index contributed by atoms with van der Waals surface area (Å²) in [6.07, 6.45) is 1.49. The molecule has 0 spiro atoms. The molecule has 1 amide bonds. The number of aryl methyl sites for hydroxylation is 1. The van der Waals surface area contributed by atoms with Gasteiger partial charge in [-0.3, -0.25) is 9.59 Å². The Kier molecular flexibility index (Phi) is 4.65. The lowest BCUT2D eigenvalue weighted by Crippen LogP contribution is -2.28. The number of nitrogens with one attached hydrogen (secondary N) is 1. The Bertz CT molecular complexity index is 971. The van der Waals surface area contributed by atoms with Crippen molar-refractivity contribution >= 4 is 22.8 Å². The van der Waals surface area contributed by atoms with Crippen molar-refractivity contribution in [2.24, 2.45) is 0 Å². The van der Waals surface area contributed by atoms with Gasteiger partial charge in [-0.15, -0.1) is 0 Å². The van der Waals surface area contributed by atoms with Crippen molar-refractivity contribution in [3.63, 3.8) is 0 Å². The summed E-state index contributed by atoms with van der Waals surface area (Å²) in [5.74, 6) is -1.05. The second kappa shape index (κ2) is 7.04. The maximum atomic E-state index is 12.1. The van der Waals surface area contributed by atoms with Crippen LogP contribution >= 0.6 is 0 Å². The number of benzene rings is 1. The van der Waals surface area contributed by atoms with Gasteiger partial charge < -0.3 is 18.9 Å². The summed E-state index contributed by atoms with van der Waals surface area (Å²) in [5, 5.41) is 2.92. The molecule has 7 nitrogen and oxygen atoms in total. The first-order chi connectivity index (χ1) is 12.0. The number of amides is 1. The van der Waals surface area contributed by atoms with Crippen LogP contribution in [0.15, 0.2) is 56.3 Å². The van der Waals surface area contributed by atoms with Crippen molar-refractivity contribution in [3.05, 3.63) is 70.0 Å². The van der Waals surface area contributed by atoms with Gasteiger partial charge in [0, 0.05) is 6.07 Å². The van der Waals surface area contributed by atoms with Gasteiger partial charge in [0.25, 0.3) is 5.91 Å². The molecular weight excluding hydrogens is 326 g/mol. The third kappa shape index (κ3) is 3.95. The molecule has 1 aromatic carbocycles. The van der Waals surface area contributed by atoms with E-state index in [1.807, 2.05) is 6.92 Å². The molecule has 25 heavy (non-hydrogen) atoms. The van der Waals surface area contributed by atoms with Gasteiger partial charge >= 0.3 is 5.97 Å². The summed E-state index contributed by atoms with van der Waals surface area (Å²) in [5.41, 5.74) is 0.842. The molecule has 0 radical (unpaired) electrons. The Hall–Kier alpha value is -3.35. The zero-order chi connectivity index (χ0) is 17.8. The molecule has 0 aliphatic heterocycles. The lowest BCUT2D eigenvalue weighted by molar-refractivity contribution is -0.124. The van der Waals surface area contributed by atoms with Crippen LogP contribution in [0.1, 0.15) is 21.9 Å². The number of carbonyl (C=O) groups is 2. The van der Waals surface area contributed by atoms with E-state index in [0.717, 1.165) is 11.6 Å². The third-order valence-corrected chi connectivity index (χ3v) is 3.46. The topological polar surface area (TPSA) is 98.8 Å². The number of ether oxygens (including phenoxy) is 1. The van der Waals surface area contributed by atoms with Gasteiger partial charge in [0.1, 0.15) is 11.3 Å². The first kappa shape index (κ1) is 16.5. The summed E-state index contributed by atoms with van der Waals surface area (Å²) in [6, 6.07) is 9.52. The zero-order valence-electron chi connectivity index (χ0n) is 13.4. The Morgan fingerprint density at radius 2 is 2.04 bits per heavy atom. The summed E-state index contributed by atoms with van der Waals surface area (Å²) >= 11 is 0. The first-order valence-electron chi connectivity index (χ1n) is 7.53. The van der Waals surface area contributed by atoms with E-state index in [0.29, 0.717) is 11.1 Å². The molecule has 0 atom stereocenters. The molecule has 2 heterocycles. The largest absolute Gasteiger partial charge is 0.467 e. The molecule has 0 saturated heterocycles. The number of rotatable bonds is 5. The predicted molar refractivity (Wildman–Crippen MR) is 88.1 cm³/mol. The average Bonchev–Trinajstić information content (AvgIpc) is 3.12. The van der Waals surface area contributed by atoms with Crippen molar-refractivity contribution in [1.29, 1.82) is 0 Å². The molecule has 0 bridgehead atoms. The van der Waals surface area contributed by atoms with Crippen LogP contribution in [0.2, 0.25) is 0 Å². The quantitative estimate of drug-likeness (QED) is 0.714. The minimum absolute atomic E-state index is 0.188. The van der Waals surface area contributed by atoms with Gasteiger partial charge in [-0.25, -0.2) is 4.79 Å². The normalized spacial score (nSPS) is 10.6. The molecule has 128 valence electrons. The summed E-state index contributed by atoms with van der Waals surface area (Å²) in [4.78, 5) is 35.7. The van der Waals surface area contributed by atoms with E-state index < -0.39 is 18.5 Å². The zero-order valence-corrected chi connectivity index (χ0v) is 13.4. The average molecular weight is 341 g/mol. The number of esters is 1. The van der Waals surface area contributed by atoms with Crippen molar-refractivity contribution in [3.8, 4) is 0 Å². The van der Waals surface area contributed by atoms with Crippen LogP contribution < -0.4 is 10.7 Å². The molecule has 1 N–H and O–H groups in total. The Balaban J connectivity index is 1.63. The maximum absolute atomic E-state index is 12.1. The number of carbonyl (C=O) groups excluding carboxylic acids is 2. The molecule has 0 fully saturated rings. The summed E-state index contributed by atoms with van der Waals surface area (Å²) < 4.78 is 15.3. The van der Waals surface area contributed by atoms with Gasteiger partial charge in [-0.1, -0.05) is 11.6 Å². The van der Waals surface area contributed by atoms with Gasteiger partial charge in [0.15, 0.2) is 12.0 Å². The van der Waals surface area contributed by atoms with Crippen LogP contribution in [-0.2, 0) is 16.1 Å². The molecule has 3 aromatic rings. The molecule has 7 heteroatoms. The van der Waals surface area contributed by atoms with Crippen LogP contribution in [0, 0.1) is 6.92 Å². The molecule has 0 unspecified atom stereocenters. The monoisotopic (exact) mass is 341 g/mol. The smallest absolute Gasteiger partial charge is 0.374 e. The van der Waals surface area contributed by atoms with Crippen molar-refractivity contribution in [2.45, 2.75) is 13.5 Å². The fraction of sp³-hybridized carbons (Fsp3) is 0.167. The van der Waals surface area contributed by atoms with E-state index in [2.05, 4.69) is 5.32 Å². The highest BCUT2D eigenvalue weighted by Crippen LogP contribution is 2.14. The number of hydrogen-bond donors (Lipinski definition) is 1. The fourth-order valence-electron chi connectivity index (χ4n) is 2.22. The second-order valence-electron chi connectivity index (χ2n) is 5.41. The van der Waals surface area contributed by atoms with E-state index in [9.17, 15) is 14.4 Å². The van der Waals surface area contributed by atoms with Crippen LogP contribution in [-0.4, -0.2) is 18.5 Å². The van der Waals surface area contributed by atoms with Crippen molar-refractivity contribution in [1.82, 2.24) is 5.32 Å². The van der Waals surface area contributed by atoms with Gasteiger partial charge in [0.05, 0.1) is 18.2 Å². The lowest BCUT2D eigenvalue weighted by atomic mass is 10.1. The SMILES string of the molecule is Cc1ccc2oc(C(=O)OCC(=O)NCc3ccco3)cc(=O)c2c1. The second-order valence-corrected chi connectivity index (χ2v) is 5.41. The number of fused-ring (bicyclic) bond motifs is 1. The van der Waals surface area contributed by atoms with Crippen molar-refractivity contribution in [2.75, 3.05) is 6.61 Å². The highest BCUT2D eigenvalue weighted by Gasteiger charge is 2.15. The van der Waals surface area contributed by atoms with Crippen molar-refractivity contribution < 1.29 is 23.2 Å². The lowest BCUT2D eigenvalue weighted by Gasteiger charge is -2.06. The van der Waals surface area contributed by atoms with E-state index in [-0.39, 0.29) is 23.3 Å². The first-order valence-corrected chi connectivity index (χ1v) is 7.53. The van der Waals surface area contributed by atoms with Gasteiger partial charge in [-0.2, -0.15) is 0 Å². The van der Waals surface area contributed by atoms with Crippen LogP contribution in [0.25, 0.3) is 11.0 Å². The van der Waals surface area contributed by atoms with E-state index >= 15 is 0 Å². The molecule has 3 rings (SSSR count). The third-order valence-electron chi connectivity index (χ3n) is 3.46. The molecular formula is C18H15NO6. The Labute approximate surface area is 142 Å². The maximum Gasteiger partial charge on any atom is 0.374 e. The number of furan rings is 1.